The molecule has 1 aliphatic rings. The Hall–Kier alpha value is -4.19. The standard InChI is InChI=1S/C33H34F3N7O2S2/c1-20-22(4-6-29-26(20)14-24(17-37)43(29)12-7-21-3-5-28(38)30(13-21)47(2,44)45)18-42-10-8-23(9-11-42)41-31-27-15-25(16-33(34,35)36)46-32(27)40-19-39-31/h3-6,13-15,19,23H,7-12,16,18,38H2,1-2H3,(H,39,40,41). The molecule has 0 spiro atoms. The highest BCUT2D eigenvalue weighted by Crippen LogP contribution is 2.34. The number of likely N-dealkylation sites (tertiary alicyclic amines) is 1. The number of nitrogens with zero attached hydrogens (tertiary/aromatic N) is 5. The number of nitrogens with one attached hydrogen (secondary N) is 1. The van der Waals surface area contributed by atoms with Crippen molar-refractivity contribution in [2.75, 3.05) is 30.4 Å². The number of aromatic nitrogens is 3. The van der Waals surface area contributed by atoms with Gasteiger partial charge in [-0.05, 0) is 73.2 Å². The molecule has 1 saturated heterocycles. The molecular weight excluding hydrogens is 648 g/mol. The fourth-order valence-electron chi connectivity index (χ4n) is 6.30. The average Bonchev–Trinajstić information content (AvgIpc) is 3.59. The molecule has 0 amide bonds. The number of nitrogens with two attached hydrogens (primary N) is 1. The molecule has 4 heterocycles. The van der Waals surface area contributed by atoms with Crippen LogP contribution in [0, 0.1) is 18.3 Å². The van der Waals surface area contributed by atoms with Crippen LogP contribution in [0.25, 0.3) is 21.1 Å². The first-order valence-corrected chi connectivity index (χ1v) is 17.9. The number of thiophene rings is 1. The predicted octanol–water partition coefficient (Wildman–Crippen LogP) is 6.24. The molecule has 47 heavy (non-hydrogen) atoms. The maximum absolute atomic E-state index is 12.9. The third-order valence-electron chi connectivity index (χ3n) is 8.76. The maximum Gasteiger partial charge on any atom is 0.393 e. The molecule has 0 unspecified atom stereocenters. The van der Waals surface area contributed by atoms with Gasteiger partial charge in [0.15, 0.2) is 9.84 Å². The van der Waals surface area contributed by atoms with Gasteiger partial charge in [0.05, 0.1) is 22.4 Å². The van der Waals surface area contributed by atoms with Gasteiger partial charge in [0, 0.05) is 54.3 Å². The summed E-state index contributed by atoms with van der Waals surface area (Å²) in [6.07, 6.45) is -0.472. The topological polar surface area (TPSA) is 130 Å². The second-order valence-corrected chi connectivity index (χ2v) is 15.2. The average molecular weight is 682 g/mol. The van der Waals surface area contributed by atoms with Crippen molar-refractivity contribution in [3.8, 4) is 6.07 Å². The van der Waals surface area contributed by atoms with Gasteiger partial charge in [0.25, 0.3) is 0 Å². The number of hydrogen-bond donors (Lipinski definition) is 2. The number of alkyl halides is 3. The van der Waals surface area contributed by atoms with E-state index in [1.54, 1.807) is 18.2 Å². The molecule has 3 aromatic heterocycles. The molecule has 246 valence electrons. The Morgan fingerprint density at radius 2 is 1.87 bits per heavy atom. The number of rotatable bonds is 9. The zero-order valence-electron chi connectivity index (χ0n) is 25.9. The van der Waals surface area contributed by atoms with Gasteiger partial charge in [0.2, 0.25) is 0 Å². The molecule has 0 atom stereocenters. The van der Waals surface area contributed by atoms with E-state index in [0.29, 0.717) is 34.7 Å². The SMILES string of the molecule is Cc1c(CN2CCC(Nc3ncnc4sc(CC(F)(F)F)cc34)CC2)ccc2c1cc(C#N)n2CCc1ccc(N)c(S(C)(=O)=O)c1. The van der Waals surface area contributed by atoms with Gasteiger partial charge in [-0.1, -0.05) is 12.1 Å². The Morgan fingerprint density at radius 3 is 2.57 bits per heavy atom. The summed E-state index contributed by atoms with van der Waals surface area (Å²) in [5, 5.41) is 15.0. The van der Waals surface area contributed by atoms with Crippen LogP contribution in [-0.4, -0.2) is 59.4 Å². The molecule has 1 aliphatic heterocycles. The van der Waals surface area contributed by atoms with Crippen molar-refractivity contribution in [1.29, 1.82) is 5.26 Å². The number of anilines is 2. The van der Waals surface area contributed by atoms with Crippen molar-refractivity contribution < 1.29 is 21.6 Å². The summed E-state index contributed by atoms with van der Waals surface area (Å²) in [5.41, 5.74) is 10.7. The molecule has 1 fully saturated rings. The second-order valence-electron chi connectivity index (χ2n) is 12.1. The highest BCUT2D eigenvalue weighted by Gasteiger charge is 2.29. The Morgan fingerprint density at radius 1 is 1.11 bits per heavy atom. The number of benzene rings is 2. The summed E-state index contributed by atoms with van der Waals surface area (Å²) in [7, 11) is -3.46. The molecule has 2 aromatic carbocycles. The largest absolute Gasteiger partial charge is 0.398 e. The minimum atomic E-state index is -4.27. The van der Waals surface area contributed by atoms with Crippen molar-refractivity contribution in [2.24, 2.45) is 0 Å². The van der Waals surface area contributed by atoms with E-state index in [9.17, 15) is 26.9 Å². The van der Waals surface area contributed by atoms with Crippen molar-refractivity contribution in [2.45, 2.75) is 62.8 Å². The van der Waals surface area contributed by atoms with Gasteiger partial charge in [-0.3, -0.25) is 4.90 Å². The van der Waals surface area contributed by atoms with Crippen molar-refractivity contribution in [1.82, 2.24) is 19.4 Å². The van der Waals surface area contributed by atoms with E-state index in [1.807, 2.05) is 22.8 Å². The summed E-state index contributed by atoms with van der Waals surface area (Å²) < 4.78 is 65.0. The van der Waals surface area contributed by atoms with Crippen LogP contribution in [0.5, 0.6) is 0 Å². The molecule has 5 aromatic rings. The second kappa shape index (κ2) is 12.8. The fourth-order valence-corrected chi connectivity index (χ4v) is 8.19. The van der Waals surface area contributed by atoms with Crippen LogP contribution < -0.4 is 11.1 Å². The number of halogens is 3. The summed E-state index contributed by atoms with van der Waals surface area (Å²) in [6, 6.07) is 15.1. The van der Waals surface area contributed by atoms with Gasteiger partial charge in [0.1, 0.15) is 28.7 Å². The van der Waals surface area contributed by atoms with Crippen LogP contribution >= 0.6 is 11.3 Å². The van der Waals surface area contributed by atoms with Gasteiger partial charge >= 0.3 is 6.18 Å². The monoisotopic (exact) mass is 681 g/mol. The number of nitriles is 1. The number of hydrogen-bond acceptors (Lipinski definition) is 9. The number of nitrogen functional groups attached to an aromatic ring is 1. The first-order chi connectivity index (χ1) is 22.3. The normalized spacial score (nSPS) is 15.0. The fraction of sp³-hybridized carbons (Fsp3) is 0.364. The van der Waals surface area contributed by atoms with E-state index < -0.39 is 22.4 Å². The lowest BCUT2D eigenvalue weighted by molar-refractivity contribution is -0.126. The third-order valence-corrected chi connectivity index (χ3v) is 11.0. The van der Waals surface area contributed by atoms with E-state index in [-0.39, 0.29) is 21.5 Å². The molecule has 3 N–H and O–H groups in total. The van der Waals surface area contributed by atoms with E-state index in [4.69, 9.17) is 5.73 Å². The van der Waals surface area contributed by atoms with Gasteiger partial charge in [-0.25, -0.2) is 18.4 Å². The minimum Gasteiger partial charge on any atom is -0.398 e. The van der Waals surface area contributed by atoms with Crippen LogP contribution in [0.2, 0.25) is 0 Å². The van der Waals surface area contributed by atoms with E-state index in [2.05, 4.69) is 39.2 Å². The molecule has 14 heteroatoms. The smallest absolute Gasteiger partial charge is 0.393 e. The first-order valence-electron chi connectivity index (χ1n) is 15.2. The molecular formula is C33H34F3N7O2S2. The predicted molar refractivity (Wildman–Crippen MR) is 178 cm³/mol. The molecule has 0 bridgehead atoms. The Balaban J connectivity index is 1.11. The Bertz CT molecular complexity index is 2110. The quantitative estimate of drug-likeness (QED) is 0.175. The molecule has 6 rings (SSSR count). The number of fused-ring (bicyclic) bond motifs is 2. The zero-order chi connectivity index (χ0) is 33.5. The van der Waals surface area contributed by atoms with E-state index in [1.165, 1.54) is 11.9 Å². The van der Waals surface area contributed by atoms with Crippen LogP contribution in [0.15, 0.2) is 53.7 Å². The molecule has 9 nitrogen and oxygen atoms in total. The Kier molecular flexibility index (Phi) is 8.90. The van der Waals surface area contributed by atoms with Crippen LogP contribution in [0.4, 0.5) is 24.7 Å². The zero-order valence-corrected chi connectivity index (χ0v) is 27.6. The lowest BCUT2D eigenvalue weighted by Crippen LogP contribution is -2.39. The summed E-state index contributed by atoms with van der Waals surface area (Å²) in [5.74, 6) is 0.574. The summed E-state index contributed by atoms with van der Waals surface area (Å²) >= 11 is 1.05. The lowest BCUT2D eigenvalue weighted by Gasteiger charge is -2.33. The van der Waals surface area contributed by atoms with Crippen molar-refractivity contribution in [3.05, 3.63) is 76.1 Å². The number of aryl methyl sites for hydroxylation is 3. The molecule has 0 aliphatic carbocycles. The highest BCUT2D eigenvalue weighted by atomic mass is 32.2. The van der Waals surface area contributed by atoms with Crippen LogP contribution in [-0.2, 0) is 35.8 Å². The number of sulfone groups is 1. The number of piperidine rings is 1. The van der Waals surface area contributed by atoms with Crippen LogP contribution in [0.3, 0.4) is 0 Å². The van der Waals surface area contributed by atoms with Crippen molar-refractivity contribution >= 4 is 53.8 Å². The van der Waals surface area contributed by atoms with Gasteiger partial charge in [-0.2, -0.15) is 18.4 Å². The van der Waals surface area contributed by atoms with Crippen LogP contribution in [0.1, 0.15) is 40.1 Å². The molecule has 0 radical (unpaired) electrons. The molecule has 0 saturated carbocycles. The lowest BCUT2D eigenvalue weighted by atomic mass is 10.0. The first kappa shape index (κ1) is 32.7. The summed E-state index contributed by atoms with van der Waals surface area (Å²) in [6.45, 7) is 5.02. The van der Waals surface area contributed by atoms with Gasteiger partial charge < -0.3 is 15.6 Å². The highest BCUT2D eigenvalue weighted by molar-refractivity contribution is 7.90. The summed E-state index contributed by atoms with van der Waals surface area (Å²) in [4.78, 5) is 11.8. The Labute approximate surface area is 274 Å². The van der Waals surface area contributed by atoms with Gasteiger partial charge in [-0.15, -0.1) is 11.3 Å². The third kappa shape index (κ3) is 7.22. The van der Waals surface area contributed by atoms with E-state index >= 15 is 0 Å². The minimum absolute atomic E-state index is 0.111. The van der Waals surface area contributed by atoms with Crippen molar-refractivity contribution in [3.63, 3.8) is 0 Å². The maximum atomic E-state index is 12.9. The van der Waals surface area contributed by atoms with E-state index in [0.717, 1.165) is 72.1 Å².